The van der Waals surface area contributed by atoms with Crippen LogP contribution in [0.25, 0.3) is 0 Å². The van der Waals surface area contributed by atoms with Gasteiger partial charge in [-0.1, -0.05) is 24.6 Å². The first-order valence-electron chi connectivity index (χ1n) is 9.47. The minimum atomic E-state index is -0.232. The molecule has 26 heavy (non-hydrogen) atoms. The van der Waals surface area contributed by atoms with Crippen LogP contribution in [0.5, 0.6) is 0 Å². The molecule has 5 nitrogen and oxygen atoms in total. The lowest BCUT2D eigenvalue weighted by atomic mass is 9.96. The molecule has 4 rings (SSSR count). The third kappa shape index (κ3) is 3.51. The number of aromatic nitrogens is 2. The topological polar surface area (TPSA) is 52.2 Å². The molecule has 2 aliphatic rings. The number of likely N-dealkylation sites (tertiary alicyclic amines) is 2. The van der Waals surface area contributed by atoms with Gasteiger partial charge in [-0.15, -0.1) is 0 Å². The molecule has 1 aromatic carbocycles. The van der Waals surface area contributed by atoms with Gasteiger partial charge < -0.3 is 9.88 Å². The minimum Gasteiger partial charge on any atom is -0.348 e. The van der Waals surface area contributed by atoms with Crippen LogP contribution in [0.15, 0.2) is 36.7 Å². The zero-order valence-electron chi connectivity index (χ0n) is 14.9. The largest absolute Gasteiger partial charge is 0.348 e. The van der Waals surface area contributed by atoms with Crippen LogP contribution >= 0.6 is 0 Å². The van der Waals surface area contributed by atoms with Crippen LogP contribution in [0.1, 0.15) is 43.5 Å². The van der Waals surface area contributed by atoms with E-state index in [1.807, 2.05) is 17.2 Å². The van der Waals surface area contributed by atoms with E-state index < -0.39 is 0 Å². The Morgan fingerprint density at radius 2 is 2.04 bits per heavy atom. The number of hydrogen-bond donors (Lipinski definition) is 1. The number of nitrogens with zero attached hydrogens (tertiary/aromatic N) is 3. The summed E-state index contributed by atoms with van der Waals surface area (Å²) in [5.74, 6) is 0.881. The van der Waals surface area contributed by atoms with Gasteiger partial charge in [0.15, 0.2) is 0 Å². The normalized spacial score (nSPS) is 24.3. The van der Waals surface area contributed by atoms with Crippen LogP contribution < -0.4 is 0 Å². The SMILES string of the molecule is O=C1CCCC[C@@H]2[C@H](CCN2Cc2ncc[nH]2)N1Cc1ccccc1F. The standard InChI is InChI=1S/C20H25FN4O/c21-16-6-2-1-5-15(16)13-25-18-9-12-24(14-19-22-10-11-23-19)17(18)7-3-4-8-20(25)26/h1-2,5-6,10-11,17-18H,3-4,7-9,12-14H2,(H,22,23)/t17-,18+/m1/s1. The molecule has 1 amide bonds. The number of benzene rings is 1. The second-order valence-electron chi connectivity index (χ2n) is 7.29. The number of rotatable bonds is 4. The van der Waals surface area contributed by atoms with E-state index in [2.05, 4.69) is 14.9 Å². The molecule has 0 aliphatic carbocycles. The summed E-state index contributed by atoms with van der Waals surface area (Å²) in [5.41, 5.74) is 0.602. The number of H-pyrrole nitrogens is 1. The molecular weight excluding hydrogens is 331 g/mol. The number of aromatic amines is 1. The summed E-state index contributed by atoms with van der Waals surface area (Å²) in [6.07, 6.45) is 8.16. The maximum atomic E-state index is 14.2. The molecule has 3 heterocycles. The minimum absolute atomic E-state index is 0.150. The van der Waals surface area contributed by atoms with Crippen molar-refractivity contribution in [1.29, 1.82) is 0 Å². The molecule has 0 unspecified atom stereocenters. The van der Waals surface area contributed by atoms with Gasteiger partial charge in [0, 0.05) is 49.6 Å². The van der Waals surface area contributed by atoms with E-state index >= 15 is 0 Å². The van der Waals surface area contributed by atoms with Crippen LogP contribution in [0.4, 0.5) is 4.39 Å². The lowest BCUT2D eigenvalue weighted by Gasteiger charge is -2.37. The first-order valence-corrected chi connectivity index (χ1v) is 9.47. The fraction of sp³-hybridized carbons (Fsp3) is 0.500. The molecule has 0 bridgehead atoms. The molecule has 2 aromatic rings. The van der Waals surface area contributed by atoms with Gasteiger partial charge in [-0.25, -0.2) is 9.37 Å². The third-order valence-electron chi connectivity index (χ3n) is 5.69. The Morgan fingerprint density at radius 1 is 1.15 bits per heavy atom. The van der Waals surface area contributed by atoms with E-state index in [1.165, 1.54) is 6.07 Å². The summed E-state index contributed by atoms with van der Waals surface area (Å²) in [6.45, 7) is 2.08. The van der Waals surface area contributed by atoms with E-state index in [0.717, 1.165) is 44.6 Å². The fourth-order valence-electron chi connectivity index (χ4n) is 4.39. The molecule has 1 aromatic heterocycles. The summed E-state index contributed by atoms with van der Waals surface area (Å²) in [7, 11) is 0. The quantitative estimate of drug-likeness (QED) is 0.916. The predicted octanol–water partition coefficient (Wildman–Crippen LogP) is 3.09. The second kappa shape index (κ2) is 7.58. The van der Waals surface area contributed by atoms with E-state index in [4.69, 9.17) is 0 Å². The van der Waals surface area contributed by atoms with Gasteiger partial charge in [0.1, 0.15) is 11.6 Å². The highest BCUT2D eigenvalue weighted by atomic mass is 19.1. The summed E-state index contributed by atoms with van der Waals surface area (Å²) in [6, 6.07) is 7.25. The average Bonchev–Trinajstić information content (AvgIpc) is 3.27. The molecule has 1 N–H and O–H groups in total. The Morgan fingerprint density at radius 3 is 2.85 bits per heavy atom. The number of hydrogen-bond acceptors (Lipinski definition) is 3. The molecule has 0 radical (unpaired) electrons. The highest BCUT2D eigenvalue weighted by Gasteiger charge is 2.40. The lowest BCUT2D eigenvalue weighted by molar-refractivity contribution is -0.135. The van der Waals surface area contributed by atoms with Crippen molar-refractivity contribution < 1.29 is 9.18 Å². The Kier molecular flexibility index (Phi) is 5.02. The number of amides is 1. The van der Waals surface area contributed by atoms with Crippen molar-refractivity contribution in [1.82, 2.24) is 19.8 Å². The van der Waals surface area contributed by atoms with Gasteiger partial charge in [-0.3, -0.25) is 9.69 Å². The highest BCUT2D eigenvalue weighted by molar-refractivity contribution is 5.76. The van der Waals surface area contributed by atoms with Gasteiger partial charge in [-0.05, 0) is 25.3 Å². The van der Waals surface area contributed by atoms with Gasteiger partial charge >= 0.3 is 0 Å². The van der Waals surface area contributed by atoms with Crippen LogP contribution in [0, 0.1) is 5.82 Å². The molecule has 2 fully saturated rings. The van der Waals surface area contributed by atoms with Crippen molar-refractivity contribution in [3.63, 3.8) is 0 Å². The molecule has 2 atom stereocenters. The summed E-state index contributed by atoms with van der Waals surface area (Å²) in [4.78, 5) is 24.7. The monoisotopic (exact) mass is 356 g/mol. The molecule has 138 valence electrons. The number of carbonyl (C=O) groups excluding carboxylic acids is 1. The maximum Gasteiger partial charge on any atom is 0.223 e. The number of halogens is 1. The third-order valence-corrected chi connectivity index (χ3v) is 5.69. The molecule has 6 heteroatoms. The molecule has 2 saturated heterocycles. The van der Waals surface area contributed by atoms with E-state index in [9.17, 15) is 9.18 Å². The van der Waals surface area contributed by atoms with E-state index in [-0.39, 0.29) is 17.8 Å². The molecule has 2 aliphatic heterocycles. The van der Waals surface area contributed by atoms with Crippen molar-refractivity contribution in [2.45, 2.75) is 57.3 Å². The molecule has 0 spiro atoms. The number of nitrogens with one attached hydrogen (secondary N) is 1. The van der Waals surface area contributed by atoms with Gasteiger partial charge in [0.2, 0.25) is 5.91 Å². The van der Waals surface area contributed by atoms with Gasteiger partial charge in [0.25, 0.3) is 0 Å². The first-order chi connectivity index (χ1) is 12.7. The van der Waals surface area contributed by atoms with Crippen LogP contribution in [0.3, 0.4) is 0 Å². The molecule has 0 saturated carbocycles. The van der Waals surface area contributed by atoms with Gasteiger partial charge in [-0.2, -0.15) is 0 Å². The first kappa shape index (κ1) is 17.2. The number of fused-ring (bicyclic) bond motifs is 1. The van der Waals surface area contributed by atoms with Crippen molar-refractivity contribution in [2.24, 2.45) is 0 Å². The fourth-order valence-corrected chi connectivity index (χ4v) is 4.39. The van der Waals surface area contributed by atoms with Crippen LogP contribution in [-0.4, -0.2) is 44.3 Å². The van der Waals surface area contributed by atoms with E-state index in [1.54, 1.807) is 18.3 Å². The Balaban J connectivity index is 1.56. The zero-order chi connectivity index (χ0) is 17.9. The number of imidazole rings is 1. The van der Waals surface area contributed by atoms with Crippen LogP contribution in [-0.2, 0) is 17.9 Å². The van der Waals surface area contributed by atoms with Crippen molar-refractivity contribution in [3.05, 3.63) is 53.9 Å². The Labute approximate surface area is 153 Å². The summed E-state index contributed by atoms with van der Waals surface area (Å²) < 4.78 is 14.2. The summed E-state index contributed by atoms with van der Waals surface area (Å²) in [5, 5.41) is 0. The predicted molar refractivity (Wildman–Crippen MR) is 96.6 cm³/mol. The summed E-state index contributed by atoms with van der Waals surface area (Å²) >= 11 is 0. The highest BCUT2D eigenvalue weighted by Crippen LogP contribution is 2.32. The zero-order valence-corrected chi connectivity index (χ0v) is 14.9. The Bertz CT molecular complexity index is 748. The maximum absolute atomic E-state index is 14.2. The van der Waals surface area contributed by atoms with Crippen molar-refractivity contribution in [3.8, 4) is 0 Å². The van der Waals surface area contributed by atoms with Crippen molar-refractivity contribution in [2.75, 3.05) is 6.54 Å². The second-order valence-corrected chi connectivity index (χ2v) is 7.29. The molecular formula is C20H25FN4O. The smallest absolute Gasteiger partial charge is 0.223 e. The average molecular weight is 356 g/mol. The van der Waals surface area contributed by atoms with E-state index in [0.29, 0.717) is 24.6 Å². The van der Waals surface area contributed by atoms with Gasteiger partial charge in [0.05, 0.1) is 6.54 Å². The lowest BCUT2D eigenvalue weighted by Crippen LogP contribution is -2.48. The van der Waals surface area contributed by atoms with Crippen molar-refractivity contribution >= 4 is 5.91 Å². The Hall–Kier alpha value is -2.21. The van der Waals surface area contributed by atoms with Crippen LogP contribution in [0.2, 0.25) is 0 Å². The number of carbonyl (C=O) groups is 1.